The second-order valence-electron chi connectivity index (χ2n) is 8.73. The van der Waals surface area contributed by atoms with E-state index in [1.165, 1.54) is 0 Å². The van der Waals surface area contributed by atoms with Crippen LogP contribution in [0.3, 0.4) is 0 Å². The van der Waals surface area contributed by atoms with Crippen LogP contribution < -0.4 is 5.32 Å². The third kappa shape index (κ3) is 5.03. The summed E-state index contributed by atoms with van der Waals surface area (Å²) >= 11 is 3.47. The second kappa shape index (κ2) is 9.48. The van der Waals surface area contributed by atoms with Gasteiger partial charge in [-0.25, -0.2) is 4.79 Å². The summed E-state index contributed by atoms with van der Waals surface area (Å²) in [5.74, 6) is -0.745. The number of dihydropyridines is 1. The Kier molecular flexibility index (Phi) is 7.19. The lowest BCUT2D eigenvalue weighted by molar-refractivity contribution is -0.141. The van der Waals surface area contributed by atoms with Crippen LogP contribution in [0.4, 0.5) is 0 Å². The molecule has 0 fully saturated rings. The van der Waals surface area contributed by atoms with Crippen LogP contribution in [0.15, 0.2) is 51.3 Å². The van der Waals surface area contributed by atoms with Crippen molar-refractivity contribution in [2.24, 2.45) is 5.41 Å². The van der Waals surface area contributed by atoms with Gasteiger partial charge < -0.3 is 14.8 Å². The van der Waals surface area contributed by atoms with E-state index < -0.39 is 11.9 Å². The molecule has 3 rings (SSSR count). The molecule has 1 heterocycles. The highest BCUT2D eigenvalue weighted by molar-refractivity contribution is 9.10. The molecule has 1 atom stereocenters. The molecular weight excluding hydrogens is 446 g/mol. The molecule has 0 radical (unpaired) electrons. The van der Waals surface area contributed by atoms with E-state index in [0.29, 0.717) is 30.8 Å². The normalized spacial score (nSPS) is 20.7. The van der Waals surface area contributed by atoms with Gasteiger partial charge in [-0.15, -0.1) is 0 Å². The third-order valence-corrected chi connectivity index (χ3v) is 6.00. The molecule has 0 aromatic heterocycles. The number of Topliss-reactive ketones (excluding diaryl/α,β-unsaturated/α-hetero) is 1. The summed E-state index contributed by atoms with van der Waals surface area (Å²) < 4.78 is 11.9. The Labute approximate surface area is 187 Å². The number of hydrogen-bond acceptors (Lipinski definition) is 5. The predicted molar refractivity (Wildman–Crippen MR) is 120 cm³/mol. The fourth-order valence-corrected chi connectivity index (χ4v) is 4.48. The molecule has 0 amide bonds. The van der Waals surface area contributed by atoms with Gasteiger partial charge in [-0.3, -0.25) is 4.79 Å². The number of benzene rings is 1. The topological polar surface area (TPSA) is 64.6 Å². The lowest BCUT2D eigenvalue weighted by atomic mass is 9.68. The number of hydrogen-bond donors (Lipinski definition) is 1. The number of carbonyl (C=O) groups is 2. The number of esters is 1. The number of halogens is 1. The molecule has 0 saturated carbocycles. The zero-order chi connectivity index (χ0) is 21.9. The van der Waals surface area contributed by atoms with E-state index in [4.69, 9.17) is 9.47 Å². The van der Waals surface area contributed by atoms with Crippen LogP contribution in [0.1, 0.15) is 58.4 Å². The minimum absolute atomic E-state index is 0.0887. The van der Waals surface area contributed by atoms with Gasteiger partial charge in [0.05, 0.1) is 12.2 Å². The van der Waals surface area contributed by atoms with Crippen molar-refractivity contribution in [2.75, 3.05) is 19.8 Å². The molecule has 30 heavy (non-hydrogen) atoms. The highest BCUT2D eigenvalue weighted by Gasteiger charge is 2.43. The number of nitrogens with one attached hydrogen (secondary N) is 1. The molecule has 0 bridgehead atoms. The van der Waals surface area contributed by atoms with Crippen molar-refractivity contribution in [1.29, 1.82) is 0 Å². The predicted octanol–water partition coefficient (Wildman–Crippen LogP) is 5.02. The van der Waals surface area contributed by atoms with E-state index in [-0.39, 0.29) is 17.8 Å². The minimum Gasteiger partial charge on any atom is -0.460 e. The van der Waals surface area contributed by atoms with E-state index in [0.717, 1.165) is 34.3 Å². The average molecular weight is 476 g/mol. The summed E-state index contributed by atoms with van der Waals surface area (Å²) in [4.78, 5) is 26.3. The fourth-order valence-electron chi connectivity index (χ4n) is 4.21. The van der Waals surface area contributed by atoms with Crippen LogP contribution >= 0.6 is 15.9 Å². The zero-order valence-corrected chi connectivity index (χ0v) is 19.7. The first-order valence-corrected chi connectivity index (χ1v) is 11.3. The van der Waals surface area contributed by atoms with Crippen molar-refractivity contribution in [3.8, 4) is 0 Å². The van der Waals surface area contributed by atoms with E-state index in [9.17, 15) is 9.59 Å². The van der Waals surface area contributed by atoms with Crippen LogP contribution in [-0.2, 0) is 19.1 Å². The van der Waals surface area contributed by atoms with Crippen LogP contribution in [0, 0.1) is 5.41 Å². The SMILES string of the molecule is CCCOCCOC(=O)C1=C(C)NC2=C(C(=O)CC(C)(C)C2)C1c1ccc(Br)cc1. The van der Waals surface area contributed by atoms with Gasteiger partial charge in [0.25, 0.3) is 0 Å². The van der Waals surface area contributed by atoms with Gasteiger partial charge >= 0.3 is 5.97 Å². The Morgan fingerprint density at radius 1 is 1.17 bits per heavy atom. The highest BCUT2D eigenvalue weighted by Crippen LogP contribution is 2.46. The smallest absolute Gasteiger partial charge is 0.336 e. The molecule has 162 valence electrons. The van der Waals surface area contributed by atoms with Gasteiger partial charge in [0, 0.05) is 40.4 Å². The van der Waals surface area contributed by atoms with Crippen molar-refractivity contribution in [3.63, 3.8) is 0 Å². The molecule has 1 aliphatic carbocycles. The summed E-state index contributed by atoms with van der Waals surface area (Å²) in [5, 5.41) is 3.35. The van der Waals surface area contributed by atoms with Gasteiger partial charge in [-0.1, -0.05) is 48.8 Å². The van der Waals surface area contributed by atoms with Crippen LogP contribution in [-0.4, -0.2) is 31.6 Å². The number of rotatable bonds is 7. The average Bonchev–Trinajstić information content (AvgIpc) is 2.66. The van der Waals surface area contributed by atoms with E-state index in [2.05, 4.69) is 35.1 Å². The summed E-state index contributed by atoms with van der Waals surface area (Å²) in [6.07, 6.45) is 2.15. The molecule has 2 aliphatic rings. The van der Waals surface area contributed by atoms with Gasteiger partial charge in [-0.2, -0.15) is 0 Å². The number of ether oxygens (including phenoxy) is 2. The zero-order valence-electron chi connectivity index (χ0n) is 18.1. The van der Waals surface area contributed by atoms with Gasteiger partial charge in [0.15, 0.2) is 5.78 Å². The largest absolute Gasteiger partial charge is 0.460 e. The second-order valence-corrected chi connectivity index (χ2v) is 9.65. The van der Waals surface area contributed by atoms with E-state index in [1.54, 1.807) is 0 Å². The number of allylic oxidation sites excluding steroid dienone is 3. The van der Waals surface area contributed by atoms with E-state index >= 15 is 0 Å². The third-order valence-electron chi connectivity index (χ3n) is 5.47. The first-order valence-electron chi connectivity index (χ1n) is 10.5. The fraction of sp³-hybridized carbons (Fsp3) is 0.500. The number of carbonyl (C=O) groups excluding carboxylic acids is 2. The molecule has 5 nitrogen and oxygen atoms in total. The Morgan fingerprint density at radius 2 is 1.87 bits per heavy atom. The maximum Gasteiger partial charge on any atom is 0.336 e. The molecular formula is C24H30BrNO4. The van der Waals surface area contributed by atoms with E-state index in [1.807, 2.05) is 38.1 Å². The number of ketones is 1. The maximum absolute atomic E-state index is 13.2. The van der Waals surface area contributed by atoms with Crippen LogP contribution in [0.2, 0.25) is 0 Å². The highest BCUT2D eigenvalue weighted by atomic mass is 79.9. The Bertz CT molecular complexity index is 883. The molecule has 0 saturated heterocycles. The standard InChI is InChI=1S/C24H30BrNO4/c1-5-10-29-11-12-30-23(28)20-15(2)26-18-13-24(3,4)14-19(27)22(18)21(20)16-6-8-17(25)9-7-16/h6-9,21,26H,5,10-14H2,1-4H3. The molecule has 1 aromatic rings. The van der Waals surface area contributed by atoms with Crippen molar-refractivity contribution in [2.45, 2.75) is 52.9 Å². The van der Waals surface area contributed by atoms with Crippen LogP contribution in [0.25, 0.3) is 0 Å². The molecule has 0 spiro atoms. The first kappa shape index (κ1) is 22.8. The lowest BCUT2D eigenvalue weighted by Crippen LogP contribution is -2.38. The summed E-state index contributed by atoms with van der Waals surface area (Å²) in [7, 11) is 0. The summed E-state index contributed by atoms with van der Waals surface area (Å²) in [6.45, 7) is 9.31. The van der Waals surface area contributed by atoms with Crippen molar-refractivity contribution < 1.29 is 19.1 Å². The van der Waals surface area contributed by atoms with Crippen molar-refractivity contribution in [1.82, 2.24) is 5.32 Å². The molecule has 1 unspecified atom stereocenters. The Hall–Kier alpha value is -1.92. The molecule has 1 aromatic carbocycles. The first-order chi connectivity index (χ1) is 14.2. The van der Waals surface area contributed by atoms with Gasteiger partial charge in [0.1, 0.15) is 6.61 Å². The summed E-state index contributed by atoms with van der Waals surface area (Å²) in [6, 6.07) is 7.79. The van der Waals surface area contributed by atoms with Crippen molar-refractivity contribution in [3.05, 3.63) is 56.8 Å². The van der Waals surface area contributed by atoms with Gasteiger partial charge in [0.2, 0.25) is 0 Å². The molecule has 1 N–H and O–H groups in total. The Morgan fingerprint density at radius 3 is 2.53 bits per heavy atom. The monoisotopic (exact) mass is 475 g/mol. The maximum atomic E-state index is 13.2. The summed E-state index contributed by atoms with van der Waals surface area (Å²) in [5.41, 5.74) is 3.66. The van der Waals surface area contributed by atoms with Gasteiger partial charge in [-0.05, 0) is 42.9 Å². The Balaban J connectivity index is 1.95. The molecule has 6 heteroatoms. The quantitative estimate of drug-likeness (QED) is 0.442. The minimum atomic E-state index is -0.429. The molecule has 1 aliphatic heterocycles. The lowest BCUT2D eigenvalue weighted by Gasteiger charge is -2.39. The van der Waals surface area contributed by atoms with Crippen LogP contribution in [0.5, 0.6) is 0 Å². The van der Waals surface area contributed by atoms with Crippen molar-refractivity contribution >= 4 is 27.7 Å².